The third-order valence-corrected chi connectivity index (χ3v) is 6.49. The number of thiophene rings is 1. The molecule has 1 N–H and O–H groups in total. The lowest BCUT2D eigenvalue weighted by Gasteiger charge is -2.32. The molecule has 0 spiro atoms. The molecule has 1 saturated heterocycles. The maximum Gasteiger partial charge on any atom is 0.254 e. The van der Waals surface area contributed by atoms with Crippen LogP contribution in [-0.2, 0) is 4.79 Å². The highest BCUT2D eigenvalue weighted by Gasteiger charge is 2.27. The van der Waals surface area contributed by atoms with E-state index in [2.05, 4.69) is 43.3 Å². The largest absolute Gasteiger partial charge is 0.353 e. The molecule has 0 saturated carbocycles. The van der Waals surface area contributed by atoms with Gasteiger partial charge in [-0.25, -0.2) is 9.67 Å². The van der Waals surface area contributed by atoms with Crippen LogP contribution in [0, 0.1) is 6.92 Å². The number of likely N-dealkylation sites (tertiary alicyclic amines) is 1. The number of carbonyl (C=O) groups is 2. The van der Waals surface area contributed by atoms with Crippen LogP contribution >= 0.6 is 11.3 Å². The number of nitrogens with one attached hydrogen (secondary N) is 1. The maximum absolute atomic E-state index is 13.5. The van der Waals surface area contributed by atoms with Crippen molar-refractivity contribution in [1.29, 1.82) is 0 Å². The molecular weight excluding hydrogens is 398 g/mol. The van der Waals surface area contributed by atoms with Gasteiger partial charge < -0.3 is 10.2 Å². The van der Waals surface area contributed by atoms with Gasteiger partial charge in [0.25, 0.3) is 5.91 Å². The first-order valence-corrected chi connectivity index (χ1v) is 11.2. The molecule has 0 radical (unpaired) electrons. The molecule has 1 fully saturated rings. The second-order valence-electron chi connectivity index (χ2n) is 8.15. The fraction of sp³-hybridized carbons (Fsp3) is 0.455. The van der Waals surface area contributed by atoms with Crippen molar-refractivity contribution in [3.63, 3.8) is 0 Å². The number of aryl methyl sites for hydroxylation is 1. The minimum atomic E-state index is -0.0207. The number of piperidine rings is 1. The molecule has 2 amide bonds. The van der Waals surface area contributed by atoms with Gasteiger partial charge in [0.05, 0.1) is 27.7 Å². The summed E-state index contributed by atoms with van der Waals surface area (Å²) < 4.78 is 1.87. The summed E-state index contributed by atoms with van der Waals surface area (Å²) in [6.07, 6.45) is 3.28. The fourth-order valence-electron chi connectivity index (χ4n) is 3.96. The van der Waals surface area contributed by atoms with E-state index < -0.39 is 0 Å². The van der Waals surface area contributed by atoms with Crippen molar-refractivity contribution in [1.82, 2.24) is 25.0 Å². The van der Waals surface area contributed by atoms with Gasteiger partial charge in [0.15, 0.2) is 5.65 Å². The fourth-order valence-corrected chi connectivity index (χ4v) is 4.78. The van der Waals surface area contributed by atoms with Crippen LogP contribution < -0.4 is 5.32 Å². The average Bonchev–Trinajstić information content (AvgIpc) is 3.33. The first-order chi connectivity index (χ1) is 14.3. The Kier molecular flexibility index (Phi) is 5.60. The van der Waals surface area contributed by atoms with Crippen LogP contribution in [0.1, 0.15) is 54.9 Å². The molecule has 3 aromatic rings. The van der Waals surface area contributed by atoms with Crippen LogP contribution in [-0.4, -0.2) is 50.6 Å². The lowest BCUT2D eigenvalue weighted by molar-refractivity contribution is -0.119. The predicted octanol–water partition coefficient (Wildman–Crippen LogP) is 3.79. The standard InChI is InChI=1S/C22H27N5O2S/c1-13(2)27-21-18(12-23-27)17(11-19(25-21)20-6-5-14(3)30-20)22(29)26-9-7-16(8-10-26)24-15(4)28/h5-6,11-13,16H,7-10H2,1-4H3,(H,24,28). The number of aromatic nitrogens is 3. The zero-order valence-electron chi connectivity index (χ0n) is 17.8. The SMILES string of the molecule is CC(=O)NC1CCN(C(=O)c2cc(-c3ccc(C)s3)nc3c2cnn3C(C)C)CC1. The van der Waals surface area contributed by atoms with E-state index in [0.29, 0.717) is 18.7 Å². The molecule has 3 aromatic heterocycles. The van der Waals surface area contributed by atoms with E-state index in [9.17, 15) is 9.59 Å². The number of fused-ring (bicyclic) bond motifs is 1. The number of amides is 2. The highest BCUT2D eigenvalue weighted by molar-refractivity contribution is 7.15. The second-order valence-corrected chi connectivity index (χ2v) is 9.44. The molecule has 158 valence electrons. The lowest BCUT2D eigenvalue weighted by Crippen LogP contribution is -2.46. The monoisotopic (exact) mass is 425 g/mol. The first kappa shape index (κ1) is 20.5. The van der Waals surface area contributed by atoms with Crippen LogP contribution in [0.15, 0.2) is 24.4 Å². The molecule has 0 aromatic carbocycles. The van der Waals surface area contributed by atoms with Crippen LogP contribution in [0.5, 0.6) is 0 Å². The summed E-state index contributed by atoms with van der Waals surface area (Å²) in [6.45, 7) is 8.97. The van der Waals surface area contributed by atoms with E-state index in [1.165, 1.54) is 11.8 Å². The zero-order chi connectivity index (χ0) is 21.4. The Morgan fingerprint density at radius 1 is 1.23 bits per heavy atom. The van der Waals surface area contributed by atoms with E-state index >= 15 is 0 Å². The van der Waals surface area contributed by atoms with Gasteiger partial charge in [0.2, 0.25) is 5.91 Å². The van der Waals surface area contributed by atoms with Crippen molar-refractivity contribution in [3.05, 3.63) is 34.8 Å². The number of hydrogen-bond donors (Lipinski definition) is 1. The summed E-state index contributed by atoms with van der Waals surface area (Å²) >= 11 is 1.67. The van der Waals surface area contributed by atoms with E-state index in [0.717, 1.165) is 34.4 Å². The van der Waals surface area contributed by atoms with E-state index in [4.69, 9.17) is 4.98 Å². The summed E-state index contributed by atoms with van der Waals surface area (Å²) in [7, 11) is 0. The van der Waals surface area contributed by atoms with Gasteiger partial charge in [-0.1, -0.05) is 0 Å². The average molecular weight is 426 g/mol. The van der Waals surface area contributed by atoms with Crippen LogP contribution in [0.25, 0.3) is 21.6 Å². The Balaban J connectivity index is 1.70. The van der Waals surface area contributed by atoms with Crippen molar-refractivity contribution >= 4 is 34.2 Å². The number of carbonyl (C=O) groups excluding carboxylic acids is 2. The molecule has 4 rings (SSSR count). The molecule has 4 heterocycles. The summed E-state index contributed by atoms with van der Waals surface area (Å²) in [5, 5.41) is 8.25. The van der Waals surface area contributed by atoms with Gasteiger partial charge in [-0.2, -0.15) is 5.10 Å². The van der Waals surface area contributed by atoms with Gasteiger partial charge in [-0.15, -0.1) is 11.3 Å². The van der Waals surface area contributed by atoms with E-state index in [1.807, 2.05) is 15.6 Å². The topological polar surface area (TPSA) is 80.1 Å². The molecule has 1 aliphatic heterocycles. The Bertz CT molecular complexity index is 1090. The van der Waals surface area contributed by atoms with Gasteiger partial charge in [0, 0.05) is 37.0 Å². The van der Waals surface area contributed by atoms with Crippen molar-refractivity contribution in [3.8, 4) is 10.6 Å². The highest BCUT2D eigenvalue weighted by Crippen LogP contribution is 2.31. The molecule has 1 aliphatic rings. The number of hydrogen-bond acceptors (Lipinski definition) is 5. The van der Waals surface area contributed by atoms with Gasteiger partial charge in [0.1, 0.15) is 0 Å². The minimum absolute atomic E-state index is 0.00140. The smallest absolute Gasteiger partial charge is 0.254 e. The Hall–Kier alpha value is -2.74. The van der Waals surface area contributed by atoms with Gasteiger partial charge >= 0.3 is 0 Å². The summed E-state index contributed by atoms with van der Waals surface area (Å²) in [4.78, 5) is 33.8. The Morgan fingerprint density at radius 3 is 2.57 bits per heavy atom. The third kappa shape index (κ3) is 3.96. The molecule has 0 aliphatic carbocycles. The number of pyridine rings is 1. The van der Waals surface area contributed by atoms with Gasteiger partial charge in [-0.3, -0.25) is 9.59 Å². The Morgan fingerprint density at radius 2 is 1.97 bits per heavy atom. The van der Waals surface area contributed by atoms with Crippen molar-refractivity contribution in [2.75, 3.05) is 13.1 Å². The normalized spacial score (nSPS) is 15.2. The highest BCUT2D eigenvalue weighted by atomic mass is 32.1. The molecule has 0 bridgehead atoms. The van der Waals surface area contributed by atoms with Crippen LogP contribution in [0.4, 0.5) is 0 Å². The third-order valence-electron chi connectivity index (χ3n) is 5.47. The van der Waals surface area contributed by atoms with Gasteiger partial charge in [-0.05, 0) is 51.8 Å². The second kappa shape index (κ2) is 8.18. The van der Waals surface area contributed by atoms with Crippen molar-refractivity contribution in [2.45, 2.75) is 52.6 Å². The maximum atomic E-state index is 13.5. The van der Waals surface area contributed by atoms with Crippen molar-refractivity contribution < 1.29 is 9.59 Å². The van der Waals surface area contributed by atoms with Crippen LogP contribution in [0.3, 0.4) is 0 Å². The lowest BCUT2D eigenvalue weighted by atomic mass is 10.0. The van der Waals surface area contributed by atoms with E-state index in [1.54, 1.807) is 17.5 Å². The number of rotatable bonds is 4. The van der Waals surface area contributed by atoms with E-state index in [-0.39, 0.29) is 23.9 Å². The Labute approximate surface area is 180 Å². The molecule has 0 unspecified atom stereocenters. The molecule has 7 nitrogen and oxygen atoms in total. The molecule has 30 heavy (non-hydrogen) atoms. The summed E-state index contributed by atoms with van der Waals surface area (Å²) in [6, 6.07) is 6.31. The van der Waals surface area contributed by atoms with Crippen LogP contribution in [0.2, 0.25) is 0 Å². The first-order valence-electron chi connectivity index (χ1n) is 10.3. The zero-order valence-corrected chi connectivity index (χ0v) is 18.6. The molecule has 0 atom stereocenters. The quantitative estimate of drug-likeness (QED) is 0.690. The van der Waals surface area contributed by atoms with Crippen molar-refractivity contribution in [2.24, 2.45) is 0 Å². The molecular formula is C22H27N5O2S. The molecule has 8 heteroatoms. The predicted molar refractivity (Wildman–Crippen MR) is 119 cm³/mol. The summed E-state index contributed by atoms with van der Waals surface area (Å²) in [5.41, 5.74) is 2.19. The minimum Gasteiger partial charge on any atom is -0.353 e. The summed E-state index contributed by atoms with van der Waals surface area (Å²) in [5.74, 6) is -0.0193. The number of nitrogens with zero attached hydrogens (tertiary/aromatic N) is 4.